The molecule has 16 heteroatoms. The van der Waals surface area contributed by atoms with Crippen LogP contribution < -0.4 is 14.8 Å². The van der Waals surface area contributed by atoms with Gasteiger partial charge in [0, 0.05) is 24.4 Å². The van der Waals surface area contributed by atoms with Crippen molar-refractivity contribution in [2.24, 2.45) is 5.41 Å². The van der Waals surface area contributed by atoms with E-state index in [0.717, 1.165) is 57.2 Å². The standard InChI is InChI=1S/C35H42F4N6O5S/c1-33(2,3)50-32(46)40-21-11-7-6-8-13-24-14-9-10-15-25(24)31-26(45-22-20-29(43-45)49-23-34(4,5)35(37,38)39)18-19-28(42-31)44-51(47,48)30-17-12-16-27(36)41-30/h9-10,12,14-20,22H,6-8,11,13,21,23H2,1-5H3,(H,40,46)(H,42,44). The molecule has 1 amide bonds. The number of hydrogen-bond donors (Lipinski definition) is 2. The molecule has 0 unspecified atom stereocenters. The number of sulfonamides is 1. The minimum absolute atomic E-state index is 0.0466. The molecule has 0 aliphatic heterocycles. The summed E-state index contributed by atoms with van der Waals surface area (Å²) in [6, 6.07) is 15.2. The number of aromatic nitrogens is 4. The van der Waals surface area contributed by atoms with E-state index >= 15 is 0 Å². The zero-order valence-electron chi connectivity index (χ0n) is 29.1. The van der Waals surface area contributed by atoms with Crippen LogP contribution in [0.15, 0.2) is 71.9 Å². The van der Waals surface area contributed by atoms with Crippen LogP contribution in [0.2, 0.25) is 0 Å². The van der Waals surface area contributed by atoms with Gasteiger partial charge in [0.15, 0.2) is 5.03 Å². The molecule has 0 saturated heterocycles. The molecule has 276 valence electrons. The number of nitrogens with zero attached hydrogens (tertiary/aromatic N) is 4. The van der Waals surface area contributed by atoms with Crippen molar-refractivity contribution >= 4 is 21.9 Å². The van der Waals surface area contributed by atoms with Gasteiger partial charge >= 0.3 is 12.3 Å². The number of rotatable bonds is 15. The largest absolute Gasteiger partial charge is 0.476 e. The van der Waals surface area contributed by atoms with Crippen molar-refractivity contribution in [3.8, 4) is 22.8 Å². The van der Waals surface area contributed by atoms with Gasteiger partial charge in [0.25, 0.3) is 10.0 Å². The van der Waals surface area contributed by atoms with Crippen LogP contribution in [-0.2, 0) is 21.2 Å². The first kappa shape index (κ1) is 39.1. The molecule has 0 spiro atoms. The second-order valence-electron chi connectivity index (χ2n) is 13.5. The maximum absolute atomic E-state index is 13.7. The summed E-state index contributed by atoms with van der Waals surface area (Å²) >= 11 is 0. The number of carbonyl (C=O) groups excluding carboxylic acids is 1. The second kappa shape index (κ2) is 16.1. The normalized spacial score (nSPS) is 12.4. The van der Waals surface area contributed by atoms with Gasteiger partial charge in [-0.2, -0.15) is 26.0 Å². The number of halogens is 4. The van der Waals surface area contributed by atoms with E-state index in [1.54, 1.807) is 32.9 Å². The SMILES string of the molecule is CC(C)(C)OC(=O)NCCCCCCc1ccccc1-c1nc(NS(=O)(=O)c2cccc(F)n2)ccc1-n1ccc(OCC(C)(C)C(F)(F)F)n1. The summed E-state index contributed by atoms with van der Waals surface area (Å²) < 4.78 is 94.5. The fraction of sp³-hybridized carbons (Fsp3) is 0.429. The molecular formula is C35H42F4N6O5S. The highest BCUT2D eigenvalue weighted by Crippen LogP contribution is 2.38. The van der Waals surface area contributed by atoms with Gasteiger partial charge in [0.05, 0.1) is 16.8 Å². The van der Waals surface area contributed by atoms with Gasteiger partial charge < -0.3 is 14.8 Å². The van der Waals surface area contributed by atoms with Crippen LogP contribution >= 0.6 is 0 Å². The monoisotopic (exact) mass is 734 g/mol. The van der Waals surface area contributed by atoms with Crippen molar-refractivity contribution in [1.82, 2.24) is 25.1 Å². The summed E-state index contributed by atoms with van der Waals surface area (Å²) in [7, 11) is -4.32. The third-order valence-electron chi connectivity index (χ3n) is 7.55. The van der Waals surface area contributed by atoms with Crippen LogP contribution in [-0.4, -0.2) is 59.2 Å². The van der Waals surface area contributed by atoms with E-state index in [2.05, 4.69) is 25.1 Å². The van der Waals surface area contributed by atoms with Crippen LogP contribution in [0.5, 0.6) is 5.88 Å². The maximum atomic E-state index is 13.7. The number of ether oxygens (including phenoxy) is 2. The summed E-state index contributed by atoms with van der Waals surface area (Å²) in [6.07, 6.45) is 0.469. The predicted molar refractivity (Wildman–Crippen MR) is 184 cm³/mol. The quantitative estimate of drug-likeness (QED) is 0.0716. The Bertz CT molecular complexity index is 1910. The number of aryl methyl sites for hydroxylation is 1. The van der Waals surface area contributed by atoms with Crippen LogP contribution in [0.1, 0.15) is 65.9 Å². The molecule has 3 heterocycles. The van der Waals surface area contributed by atoms with Gasteiger partial charge in [0.1, 0.15) is 18.0 Å². The smallest absolute Gasteiger partial charge is 0.407 e. The minimum Gasteiger partial charge on any atom is -0.476 e. The zero-order chi connectivity index (χ0) is 37.5. The maximum Gasteiger partial charge on any atom is 0.407 e. The lowest BCUT2D eigenvalue weighted by atomic mass is 9.94. The highest BCUT2D eigenvalue weighted by Gasteiger charge is 2.48. The molecule has 51 heavy (non-hydrogen) atoms. The Hall–Kier alpha value is -4.73. The average molecular weight is 735 g/mol. The second-order valence-corrected chi connectivity index (χ2v) is 15.1. The molecule has 0 aliphatic rings. The van der Waals surface area contributed by atoms with E-state index < -0.39 is 50.9 Å². The first-order valence-corrected chi connectivity index (χ1v) is 17.8. The van der Waals surface area contributed by atoms with Gasteiger partial charge in [-0.3, -0.25) is 4.72 Å². The molecular weight excluding hydrogens is 692 g/mol. The van der Waals surface area contributed by atoms with Crippen LogP contribution in [0.4, 0.5) is 28.2 Å². The van der Waals surface area contributed by atoms with Crippen molar-refractivity contribution in [2.75, 3.05) is 17.9 Å². The molecule has 4 rings (SSSR count). The van der Waals surface area contributed by atoms with E-state index in [4.69, 9.17) is 9.47 Å². The lowest BCUT2D eigenvalue weighted by Gasteiger charge is -2.26. The summed E-state index contributed by atoms with van der Waals surface area (Å²) in [5.41, 5.74) is -0.402. The lowest BCUT2D eigenvalue weighted by molar-refractivity contribution is -0.219. The number of unbranched alkanes of at least 4 members (excludes halogenated alkanes) is 3. The Balaban J connectivity index is 1.57. The Morgan fingerprint density at radius 3 is 2.31 bits per heavy atom. The zero-order valence-corrected chi connectivity index (χ0v) is 29.9. The molecule has 3 aromatic heterocycles. The topological polar surface area (TPSA) is 137 Å². The van der Waals surface area contributed by atoms with Crippen molar-refractivity contribution in [2.45, 2.75) is 83.5 Å². The van der Waals surface area contributed by atoms with E-state index in [9.17, 15) is 30.8 Å². The first-order chi connectivity index (χ1) is 23.8. The highest BCUT2D eigenvalue weighted by molar-refractivity contribution is 7.92. The van der Waals surface area contributed by atoms with Gasteiger partial charge in [-0.05, 0) is 83.7 Å². The van der Waals surface area contributed by atoms with Gasteiger partial charge in [-0.1, -0.05) is 43.2 Å². The van der Waals surface area contributed by atoms with Crippen molar-refractivity contribution in [3.05, 3.63) is 78.4 Å². The van der Waals surface area contributed by atoms with Crippen molar-refractivity contribution < 1.29 is 40.2 Å². The Morgan fingerprint density at radius 1 is 0.882 bits per heavy atom. The van der Waals surface area contributed by atoms with Gasteiger partial charge in [0.2, 0.25) is 11.8 Å². The van der Waals surface area contributed by atoms with E-state index in [-0.39, 0.29) is 11.7 Å². The Labute approximate surface area is 294 Å². The number of nitrogens with one attached hydrogen (secondary N) is 2. The molecule has 0 saturated carbocycles. The van der Waals surface area contributed by atoms with Gasteiger partial charge in [-0.25, -0.2) is 19.4 Å². The number of anilines is 1. The molecule has 11 nitrogen and oxygen atoms in total. The fourth-order valence-corrected chi connectivity index (χ4v) is 5.70. The molecule has 1 aromatic carbocycles. The number of benzene rings is 1. The third-order valence-corrected chi connectivity index (χ3v) is 8.81. The number of alkyl carbamates (subject to hydrolysis) is 1. The molecule has 0 fully saturated rings. The molecule has 0 radical (unpaired) electrons. The van der Waals surface area contributed by atoms with Crippen LogP contribution in [0.25, 0.3) is 16.9 Å². The van der Waals surface area contributed by atoms with Crippen LogP contribution in [0, 0.1) is 11.4 Å². The number of pyridine rings is 2. The van der Waals surface area contributed by atoms with Crippen LogP contribution in [0.3, 0.4) is 0 Å². The number of alkyl halides is 3. The van der Waals surface area contributed by atoms with Crippen molar-refractivity contribution in [1.29, 1.82) is 0 Å². The summed E-state index contributed by atoms with van der Waals surface area (Å²) in [6.45, 7) is 7.28. The molecule has 0 aliphatic carbocycles. The van der Waals surface area contributed by atoms with Crippen molar-refractivity contribution in [3.63, 3.8) is 0 Å². The third kappa shape index (κ3) is 11.1. The molecule has 0 bridgehead atoms. The van der Waals surface area contributed by atoms with E-state index in [1.165, 1.54) is 29.1 Å². The highest BCUT2D eigenvalue weighted by atomic mass is 32.2. The summed E-state index contributed by atoms with van der Waals surface area (Å²) in [4.78, 5) is 20.0. The Morgan fingerprint density at radius 2 is 1.61 bits per heavy atom. The number of carbonyl (C=O) groups is 1. The number of amides is 1. The Kier molecular flexibility index (Phi) is 12.3. The molecule has 2 N–H and O–H groups in total. The van der Waals surface area contributed by atoms with E-state index in [0.29, 0.717) is 29.9 Å². The lowest BCUT2D eigenvalue weighted by Crippen LogP contribution is -2.37. The van der Waals surface area contributed by atoms with Gasteiger partial charge in [-0.15, -0.1) is 5.10 Å². The predicted octanol–water partition coefficient (Wildman–Crippen LogP) is 7.86. The molecule has 4 aromatic rings. The van der Waals surface area contributed by atoms with E-state index in [1.807, 2.05) is 18.2 Å². The summed E-state index contributed by atoms with van der Waals surface area (Å²) in [5, 5.41) is 6.55. The summed E-state index contributed by atoms with van der Waals surface area (Å²) in [5.74, 6) is -1.09. The first-order valence-electron chi connectivity index (χ1n) is 16.3. The average Bonchev–Trinajstić information content (AvgIpc) is 3.51. The minimum atomic E-state index is -4.49. The fourth-order valence-electron chi connectivity index (χ4n) is 4.74. The number of hydrogen-bond acceptors (Lipinski definition) is 8. The molecule has 0 atom stereocenters.